The van der Waals surface area contributed by atoms with E-state index in [1.54, 1.807) is 0 Å². The number of carbonyl (C=O) groups is 1. The first-order valence-electron chi connectivity index (χ1n) is 4.00. The Morgan fingerprint density at radius 2 is 1.73 bits per heavy atom. The number of ether oxygens (including phenoxy) is 1. The molecule has 2 unspecified atom stereocenters. The maximum Gasteiger partial charge on any atom is 0.125 e. The van der Waals surface area contributed by atoms with Gasteiger partial charge in [-0.3, -0.25) is 0 Å². The highest BCUT2D eigenvalue weighted by molar-refractivity contribution is 5.53. The molecule has 66 valence electrons. The van der Waals surface area contributed by atoms with Crippen molar-refractivity contribution >= 4 is 6.29 Å². The van der Waals surface area contributed by atoms with Gasteiger partial charge in [0.15, 0.2) is 0 Å². The summed E-state index contributed by atoms with van der Waals surface area (Å²) in [7, 11) is 0. The minimum Gasteiger partial charge on any atom is -0.372 e. The fourth-order valence-electron chi connectivity index (χ4n) is 0.776. The molecule has 0 aliphatic rings. The second-order valence-corrected chi connectivity index (χ2v) is 3.93. The van der Waals surface area contributed by atoms with Crippen molar-refractivity contribution in [3.8, 4) is 0 Å². The smallest absolute Gasteiger partial charge is 0.125 e. The molecule has 0 amide bonds. The van der Waals surface area contributed by atoms with Gasteiger partial charge in [-0.05, 0) is 27.7 Å². The third-order valence-corrected chi connectivity index (χ3v) is 1.49. The number of hydrogen-bond donors (Lipinski definition) is 0. The van der Waals surface area contributed by atoms with Gasteiger partial charge in [-0.15, -0.1) is 0 Å². The minimum atomic E-state index is -0.156. The van der Waals surface area contributed by atoms with Gasteiger partial charge in [-0.25, -0.2) is 0 Å². The summed E-state index contributed by atoms with van der Waals surface area (Å²) in [4.78, 5) is 10.4. The molecule has 0 aromatic rings. The quantitative estimate of drug-likeness (QED) is 0.587. The molecule has 0 N–H and O–H groups in total. The van der Waals surface area contributed by atoms with E-state index in [0.717, 1.165) is 6.29 Å². The lowest BCUT2D eigenvalue weighted by Crippen LogP contribution is -2.30. The molecular formula is C9H18O2. The van der Waals surface area contributed by atoms with E-state index < -0.39 is 0 Å². The summed E-state index contributed by atoms with van der Waals surface area (Å²) in [5.74, 6) is -0.0192. The molecule has 0 spiro atoms. The Balaban J connectivity index is 3.86. The van der Waals surface area contributed by atoms with E-state index in [2.05, 4.69) is 0 Å². The van der Waals surface area contributed by atoms with Gasteiger partial charge in [0.05, 0.1) is 11.7 Å². The fraction of sp³-hybridized carbons (Fsp3) is 0.889. The van der Waals surface area contributed by atoms with Crippen molar-refractivity contribution in [1.29, 1.82) is 0 Å². The number of carbonyl (C=O) groups excluding carboxylic acids is 1. The van der Waals surface area contributed by atoms with Crippen LogP contribution < -0.4 is 0 Å². The molecule has 0 aliphatic carbocycles. The number of rotatable bonds is 3. The van der Waals surface area contributed by atoms with E-state index in [-0.39, 0.29) is 17.6 Å². The Kier molecular flexibility index (Phi) is 3.73. The highest BCUT2D eigenvalue weighted by Gasteiger charge is 2.19. The maximum absolute atomic E-state index is 10.4. The summed E-state index contributed by atoms with van der Waals surface area (Å²) >= 11 is 0. The van der Waals surface area contributed by atoms with Crippen LogP contribution in [0.2, 0.25) is 0 Å². The average Bonchev–Trinajstić information content (AvgIpc) is 1.82. The fourth-order valence-corrected chi connectivity index (χ4v) is 0.776. The second-order valence-electron chi connectivity index (χ2n) is 3.93. The van der Waals surface area contributed by atoms with Crippen LogP contribution in [0, 0.1) is 5.92 Å². The summed E-state index contributed by atoms with van der Waals surface area (Å²) in [6.07, 6.45) is 0.934. The van der Waals surface area contributed by atoms with Gasteiger partial charge in [-0.2, -0.15) is 0 Å². The first-order chi connectivity index (χ1) is 4.87. The van der Waals surface area contributed by atoms with Gasteiger partial charge in [0.25, 0.3) is 0 Å². The van der Waals surface area contributed by atoms with Crippen LogP contribution in [0.1, 0.15) is 34.6 Å². The van der Waals surface area contributed by atoms with Crippen molar-refractivity contribution in [2.24, 2.45) is 5.92 Å². The molecular weight excluding hydrogens is 140 g/mol. The largest absolute Gasteiger partial charge is 0.372 e. The zero-order valence-electron chi connectivity index (χ0n) is 8.05. The van der Waals surface area contributed by atoms with Gasteiger partial charge in [0.2, 0.25) is 0 Å². The van der Waals surface area contributed by atoms with Crippen molar-refractivity contribution in [2.75, 3.05) is 0 Å². The van der Waals surface area contributed by atoms with E-state index in [9.17, 15) is 4.79 Å². The highest BCUT2D eigenvalue weighted by atomic mass is 16.5. The summed E-state index contributed by atoms with van der Waals surface area (Å²) in [6, 6.07) is 0. The number of hydrogen-bond acceptors (Lipinski definition) is 2. The molecule has 2 heteroatoms. The van der Waals surface area contributed by atoms with Gasteiger partial charge in [0, 0.05) is 5.92 Å². The van der Waals surface area contributed by atoms with Crippen LogP contribution in [0.15, 0.2) is 0 Å². The Morgan fingerprint density at radius 1 is 1.27 bits per heavy atom. The lowest BCUT2D eigenvalue weighted by atomic mass is 10.1. The van der Waals surface area contributed by atoms with E-state index in [1.807, 2.05) is 34.6 Å². The zero-order valence-corrected chi connectivity index (χ0v) is 8.05. The van der Waals surface area contributed by atoms with E-state index in [1.165, 1.54) is 0 Å². The Bertz CT molecular complexity index is 124. The van der Waals surface area contributed by atoms with Gasteiger partial charge < -0.3 is 9.53 Å². The predicted molar refractivity (Wildman–Crippen MR) is 45.5 cm³/mol. The van der Waals surface area contributed by atoms with Crippen LogP contribution in [0.3, 0.4) is 0 Å². The summed E-state index contributed by atoms with van der Waals surface area (Å²) in [5, 5.41) is 0. The Morgan fingerprint density at radius 3 is 2.00 bits per heavy atom. The highest BCUT2D eigenvalue weighted by Crippen LogP contribution is 2.14. The van der Waals surface area contributed by atoms with E-state index >= 15 is 0 Å². The third-order valence-electron chi connectivity index (χ3n) is 1.49. The van der Waals surface area contributed by atoms with Crippen LogP contribution in [-0.4, -0.2) is 18.0 Å². The monoisotopic (exact) mass is 158 g/mol. The van der Waals surface area contributed by atoms with Crippen LogP contribution in [0.4, 0.5) is 0 Å². The maximum atomic E-state index is 10.4. The Labute approximate surface area is 68.9 Å². The standard InChI is InChI=1S/C9H18O2/c1-7(6-10)8(2)11-9(3,4)5/h6-8H,1-5H3. The molecule has 0 radical (unpaired) electrons. The average molecular weight is 158 g/mol. The van der Waals surface area contributed by atoms with Crippen LogP contribution in [0.5, 0.6) is 0 Å². The van der Waals surface area contributed by atoms with E-state index in [4.69, 9.17) is 4.74 Å². The molecule has 0 fully saturated rings. The lowest BCUT2D eigenvalue weighted by molar-refractivity contribution is -0.120. The van der Waals surface area contributed by atoms with Crippen LogP contribution in [0.25, 0.3) is 0 Å². The molecule has 11 heavy (non-hydrogen) atoms. The molecule has 0 aliphatic heterocycles. The van der Waals surface area contributed by atoms with Crippen molar-refractivity contribution in [3.63, 3.8) is 0 Å². The lowest BCUT2D eigenvalue weighted by Gasteiger charge is -2.26. The number of aldehydes is 1. The topological polar surface area (TPSA) is 26.3 Å². The molecule has 0 saturated heterocycles. The van der Waals surface area contributed by atoms with Crippen molar-refractivity contribution in [1.82, 2.24) is 0 Å². The molecule has 0 aromatic heterocycles. The second kappa shape index (κ2) is 3.86. The molecule has 0 bridgehead atoms. The Hall–Kier alpha value is -0.370. The first-order valence-corrected chi connectivity index (χ1v) is 4.00. The van der Waals surface area contributed by atoms with Crippen LogP contribution >= 0.6 is 0 Å². The van der Waals surface area contributed by atoms with Crippen molar-refractivity contribution in [2.45, 2.75) is 46.3 Å². The van der Waals surface area contributed by atoms with Gasteiger partial charge >= 0.3 is 0 Å². The summed E-state index contributed by atoms with van der Waals surface area (Å²) in [5.41, 5.74) is -0.156. The molecule has 0 aromatic carbocycles. The molecule has 0 rings (SSSR count). The molecule has 2 nitrogen and oxygen atoms in total. The van der Waals surface area contributed by atoms with Crippen LogP contribution in [-0.2, 0) is 9.53 Å². The SMILES string of the molecule is CC(C=O)C(C)OC(C)(C)C. The summed E-state index contributed by atoms with van der Waals surface area (Å²) < 4.78 is 5.56. The van der Waals surface area contributed by atoms with E-state index in [0.29, 0.717) is 0 Å². The first kappa shape index (κ1) is 10.6. The van der Waals surface area contributed by atoms with Crippen molar-refractivity contribution < 1.29 is 9.53 Å². The molecule has 0 heterocycles. The normalized spacial score (nSPS) is 17.5. The predicted octanol–water partition coefficient (Wildman–Crippen LogP) is 2.02. The van der Waals surface area contributed by atoms with Gasteiger partial charge in [0.1, 0.15) is 6.29 Å². The summed E-state index contributed by atoms with van der Waals surface area (Å²) in [6.45, 7) is 9.75. The third kappa shape index (κ3) is 4.96. The molecule has 0 saturated carbocycles. The zero-order chi connectivity index (χ0) is 9.07. The minimum absolute atomic E-state index is 0.00694. The molecule has 2 atom stereocenters. The van der Waals surface area contributed by atoms with Gasteiger partial charge in [-0.1, -0.05) is 6.92 Å². The van der Waals surface area contributed by atoms with Crippen molar-refractivity contribution in [3.05, 3.63) is 0 Å².